The Morgan fingerprint density at radius 1 is 1.18 bits per heavy atom. The molecule has 2 unspecified atom stereocenters. The van der Waals surface area contributed by atoms with E-state index in [0.29, 0.717) is 40.6 Å². The number of carbonyl (C=O) groups is 2. The van der Waals surface area contributed by atoms with Crippen molar-refractivity contribution >= 4 is 28.8 Å². The predicted octanol–water partition coefficient (Wildman–Crippen LogP) is 0.770. The van der Waals surface area contributed by atoms with Crippen LogP contribution in [0, 0.1) is 0 Å². The van der Waals surface area contributed by atoms with Gasteiger partial charge in [-0.15, -0.1) is 0 Å². The molecule has 6 rings (SSSR count). The summed E-state index contributed by atoms with van der Waals surface area (Å²) in [5, 5.41) is 14.4. The van der Waals surface area contributed by atoms with E-state index in [-0.39, 0.29) is 23.9 Å². The second-order valence-electron chi connectivity index (χ2n) is 8.53. The lowest BCUT2D eigenvalue weighted by molar-refractivity contribution is -0.132. The van der Waals surface area contributed by atoms with Crippen molar-refractivity contribution < 1.29 is 9.59 Å². The smallest absolute Gasteiger partial charge is 0.269 e. The highest BCUT2D eigenvalue weighted by Crippen LogP contribution is 2.34. The van der Waals surface area contributed by atoms with Gasteiger partial charge in [0.25, 0.3) is 5.91 Å². The number of piperazine rings is 1. The molecule has 0 aromatic carbocycles. The summed E-state index contributed by atoms with van der Waals surface area (Å²) in [6.07, 6.45) is 8.59. The van der Waals surface area contributed by atoms with Crippen LogP contribution >= 0.6 is 0 Å². The Labute approximate surface area is 194 Å². The van der Waals surface area contributed by atoms with Crippen LogP contribution in [0.1, 0.15) is 23.3 Å². The minimum atomic E-state index is -0.248. The van der Waals surface area contributed by atoms with E-state index < -0.39 is 0 Å². The standard InChI is InChI=1S/C22H22N10O2/c1-23-20(33)15-5-3-13(8-24-15)31-10-12(7-26-31)18-19-16(28-29-18)9-25-22(27-19)32-14-4-6-17(32)21(34)30(2)11-14/h3,5,7-10,14,17H,4,6,11H2,1-2H3,(H,23,33)(H,28,29). The number of nitrogens with one attached hydrogen (secondary N) is 2. The van der Waals surface area contributed by atoms with Crippen LogP contribution in [-0.4, -0.2) is 84.4 Å². The van der Waals surface area contributed by atoms with Crippen LogP contribution in [0.15, 0.2) is 36.9 Å². The summed E-state index contributed by atoms with van der Waals surface area (Å²) in [5.41, 5.74) is 3.83. The second kappa shape index (κ2) is 7.61. The summed E-state index contributed by atoms with van der Waals surface area (Å²) in [5.74, 6) is 0.411. The van der Waals surface area contributed by atoms with Crippen LogP contribution in [0.2, 0.25) is 0 Å². The molecule has 2 fully saturated rings. The van der Waals surface area contributed by atoms with Crippen LogP contribution in [0.5, 0.6) is 0 Å². The van der Waals surface area contributed by atoms with Crippen molar-refractivity contribution in [3.63, 3.8) is 0 Å². The largest absolute Gasteiger partial charge is 0.354 e. The SMILES string of the molecule is CNC(=O)c1ccc(-n2cc(-c3n[nH]c4cnc(N5C6CCC5C(=O)N(C)C6)nc34)cn2)cn1. The molecule has 4 aromatic heterocycles. The molecule has 0 aliphatic carbocycles. The molecule has 2 amide bonds. The Morgan fingerprint density at radius 3 is 2.85 bits per heavy atom. The number of anilines is 1. The third kappa shape index (κ3) is 3.10. The average molecular weight is 458 g/mol. The molecule has 172 valence electrons. The van der Waals surface area contributed by atoms with E-state index in [0.717, 1.165) is 18.4 Å². The zero-order valence-electron chi connectivity index (χ0n) is 18.6. The maximum Gasteiger partial charge on any atom is 0.269 e. The topological polar surface area (TPSA) is 138 Å². The summed E-state index contributed by atoms with van der Waals surface area (Å²) in [6, 6.07) is 3.42. The van der Waals surface area contributed by atoms with E-state index in [9.17, 15) is 9.59 Å². The second-order valence-corrected chi connectivity index (χ2v) is 8.53. The fraction of sp³-hybridized carbons (Fsp3) is 0.318. The highest BCUT2D eigenvalue weighted by Gasteiger charge is 2.45. The van der Waals surface area contributed by atoms with Crippen LogP contribution in [0.25, 0.3) is 28.0 Å². The van der Waals surface area contributed by atoms with Crippen molar-refractivity contribution in [3.8, 4) is 16.9 Å². The fourth-order valence-corrected chi connectivity index (χ4v) is 4.77. The number of hydrogen-bond acceptors (Lipinski definition) is 8. The van der Waals surface area contributed by atoms with Gasteiger partial charge in [-0.2, -0.15) is 10.2 Å². The Hall–Kier alpha value is -4.35. The number of nitrogens with zero attached hydrogens (tertiary/aromatic N) is 8. The van der Waals surface area contributed by atoms with Gasteiger partial charge in [0.2, 0.25) is 11.9 Å². The lowest BCUT2D eigenvalue weighted by Gasteiger charge is -2.38. The van der Waals surface area contributed by atoms with Gasteiger partial charge in [-0.1, -0.05) is 0 Å². The first kappa shape index (κ1) is 20.3. The summed E-state index contributed by atoms with van der Waals surface area (Å²) in [4.78, 5) is 41.8. The lowest BCUT2D eigenvalue weighted by Crippen LogP contribution is -2.56. The van der Waals surface area contributed by atoms with Crippen molar-refractivity contribution in [3.05, 3.63) is 42.6 Å². The van der Waals surface area contributed by atoms with E-state index >= 15 is 0 Å². The minimum absolute atomic E-state index is 0.113. The Kier molecular flexibility index (Phi) is 4.54. The monoisotopic (exact) mass is 458 g/mol. The molecular weight excluding hydrogens is 436 g/mol. The molecule has 12 heteroatoms. The molecule has 2 N–H and O–H groups in total. The van der Waals surface area contributed by atoms with E-state index in [1.54, 1.807) is 47.4 Å². The first-order chi connectivity index (χ1) is 16.5. The van der Waals surface area contributed by atoms with E-state index in [1.165, 1.54) is 0 Å². The molecule has 0 spiro atoms. The Bertz CT molecular complexity index is 1410. The van der Waals surface area contributed by atoms with Crippen molar-refractivity contribution in [1.82, 2.24) is 45.1 Å². The lowest BCUT2D eigenvalue weighted by atomic mass is 10.2. The Morgan fingerprint density at radius 2 is 2.06 bits per heavy atom. The quantitative estimate of drug-likeness (QED) is 0.457. The predicted molar refractivity (Wildman–Crippen MR) is 122 cm³/mol. The van der Waals surface area contributed by atoms with Gasteiger partial charge >= 0.3 is 0 Å². The van der Waals surface area contributed by atoms with Crippen molar-refractivity contribution in [1.29, 1.82) is 0 Å². The maximum atomic E-state index is 12.7. The Balaban J connectivity index is 1.33. The average Bonchev–Trinajstić information content (AvgIpc) is 3.58. The summed E-state index contributed by atoms with van der Waals surface area (Å²) in [6.45, 7) is 0.675. The highest BCUT2D eigenvalue weighted by atomic mass is 16.2. The highest BCUT2D eigenvalue weighted by molar-refractivity contribution is 5.92. The molecule has 34 heavy (non-hydrogen) atoms. The van der Waals surface area contributed by atoms with Crippen molar-refractivity contribution in [2.24, 2.45) is 0 Å². The molecular formula is C22H22N10O2. The van der Waals surface area contributed by atoms with Gasteiger partial charge < -0.3 is 15.1 Å². The van der Waals surface area contributed by atoms with Crippen molar-refractivity contribution in [2.75, 3.05) is 25.5 Å². The molecule has 4 aromatic rings. The first-order valence-electron chi connectivity index (χ1n) is 11.0. The summed E-state index contributed by atoms with van der Waals surface area (Å²) < 4.78 is 1.66. The number of hydrogen-bond donors (Lipinski definition) is 2. The number of rotatable bonds is 4. The molecule has 2 aliphatic rings. The zero-order chi connectivity index (χ0) is 23.4. The van der Waals surface area contributed by atoms with Gasteiger partial charge in [0, 0.05) is 32.4 Å². The number of pyridine rings is 1. The van der Waals surface area contributed by atoms with Gasteiger partial charge in [0.15, 0.2) is 0 Å². The molecule has 2 atom stereocenters. The molecule has 12 nitrogen and oxygen atoms in total. The van der Waals surface area contributed by atoms with Gasteiger partial charge in [-0.05, 0) is 25.0 Å². The molecule has 0 radical (unpaired) electrons. The van der Waals surface area contributed by atoms with Crippen LogP contribution < -0.4 is 10.2 Å². The van der Waals surface area contributed by atoms with E-state index in [4.69, 9.17) is 4.98 Å². The summed E-state index contributed by atoms with van der Waals surface area (Å²) in [7, 11) is 3.41. The van der Waals surface area contributed by atoms with Gasteiger partial charge in [-0.3, -0.25) is 14.7 Å². The van der Waals surface area contributed by atoms with Crippen LogP contribution in [0.3, 0.4) is 0 Å². The normalized spacial score (nSPS) is 19.8. The van der Waals surface area contributed by atoms with E-state index in [2.05, 4.69) is 35.5 Å². The molecule has 2 bridgehead atoms. The minimum Gasteiger partial charge on any atom is -0.354 e. The van der Waals surface area contributed by atoms with Gasteiger partial charge in [0.1, 0.15) is 28.5 Å². The van der Waals surface area contributed by atoms with Crippen LogP contribution in [0.4, 0.5) is 5.95 Å². The van der Waals surface area contributed by atoms with Crippen LogP contribution in [-0.2, 0) is 4.79 Å². The molecule has 6 heterocycles. The maximum absolute atomic E-state index is 12.7. The van der Waals surface area contributed by atoms with Gasteiger partial charge in [0.05, 0.1) is 30.3 Å². The number of likely N-dealkylation sites (N-methyl/N-ethyl adjacent to an activating group) is 1. The number of aromatic nitrogens is 7. The third-order valence-corrected chi connectivity index (χ3v) is 6.50. The molecule has 2 aliphatic heterocycles. The van der Waals surface area contributed by atoms with Crippen molar-refractivity contribution in [2.45, 2.75) is 24.9 Å². The first-order valence-corrected chi connectivity index (χ1v) is 11.0. The van der Waals surface area contributed by atoms with E-state index in [1.807, 2.05) is 13.2 Å². The molecule has 0 saturated carbocycles. The number of fused-ring (bicyclic) bond motifs is 3. The van der Waals surface area contributed by atoms with Gasteiger partial charge in [-0.25, -0.2) is 19.6 Å². The number of likely N-dealkylation sites (tertiary alicyclic amines) is 1. The number of aromatic amines is 1. The number of H-pyrrole nitrogens is 1. The molecule has 2 saturated heterocycles. The third-order valence-electron chi connectivity index (χ3n) is 6.50. The number of carbonyl (C=O) groups excluding carboxylic acids is 2. The zero-order valence-corrected chi connectivity index (χ0v) is 18.6. The number of amides is 2. The summed E-state index contributed by atoms with van der Waals surface area (Å²) >= 11 is 0. The fourth-order valence-electron chi connectivity index (χ4n) is 4.77.